The van der Waals surface area contributed by atoms with Crippen molar-refractivity contribution in [2.24, 2.45) is 11.8 Å². The predicted octanol–water partition coefficient (Wildman–Crippen LogP) is 4.42. The van der Waals surface area contributed by atoms with Gasteiger partial charge in [-0.15, -0.1) is 0 Å². The van der Waals surface area contributed by atoms with Gasteiger partial charge in [-0.2, -0.15) is 0 Å². The first-order chi connectivity index (χ1) is 8.44. The van der Waals surface area contributed by atoms with E-state index in [0.29, 0.717) is 6.10 Å². The fraction of sp³-hybridized carbons (Fsp3) is 1.00. The molecule has 0 aromatic heterocycles. The molecule has 0 radical (unpaired) electrons. The van der Waals surface area contributed by atoms with Gasteiger partial charge in [-0.25, -0.2) is 0 Å². The van der Waals surface area contributed by atoms with Crippen LogP contribution in [-0.4, -0.2) is 24.9 Å². The summed E-state index contributed by atoms with van der Waals surface area (Å²) in [4.78, 5) is 0. The maximum Gasteiger partial charge on any atom is 0.0648 e. The van der Waals surface area contributed by atoms with Crippen molar-refractivity contribution in [1.29, 1.82) is 0 Å². The minimum atomic E-state index is -0.0495. The van der Waals surface area contributed by atoms with Crippen molar-refractivity contribution in [3.63, 3.8) is 0 Å². The van der Waals surface area contributed by atoms with Crippen LogP contribution in [-0.2, 0) is 9.47 Å². The molecule has 0 aromatic rings. The zero-order valence-electron chi connectivity index (χ0n) is 13.0. The van der Waals surface area contributed by atoms with Crippen LogP contribution in [0.5, 0.6) is 0 Å². The van der Waals surface area contributed by atoms with Crippen LogP contribution in [0.25, 0.3) is 0 Å². The zero-order valence-corrected chi connectivity index (χ0v) is 13.0. The van der Waals surface area contributed by atoms with Gasteiger partial charge in [0.25, 0.3) is 0 Å². The minimum absolute atomic E-state index is 0.0495. The van der Waals surface area contributed by atoms with Crippen molar-refractivity contribution in [2.75, 3.05) is 13.2 Å². The molecule has 0 aromatic carbocycles. The van der Waals surface area contributed by atoms with Crippen molar-refractivity contribution in [3.8, 4) is 0 Å². The summed E-state index contributed by atoms with van der Waals surface area (Å²) in [6.45, 7) is 12.5. The first-order valence-corrected chi connectivity index (χ1v) is 7.70. The molecule has 0 N–H and O–H groups in total. The van der Waals surface area contributed by atoms with Crippen molar-refractivity contribution < 1.29 is 9.47 Å². The average Bonchev–Trinajstić information content (AvgIpc) is 2.20. The SMILES string of the molecule is CCC(COC(C)(C)CCOC(C)C)C1CCC1. The van der Waals surface area contributed by atoms with Crippen molar-refractivity contribution >= 4 is 0 Å². The lowest BCUT2D eigenvalue weighted by Gasteiger charge is -2.35. The van der Waals surface area contributed by atoms with E-state index in [2.05, 4.69) is 34.6 Å². The summed E-state index contributed by atoms with van der Waals surface area (Å²) < 4.78 is 11.8. The summed E-state index contributed by atoms with van der Waals surface area (Å²) in [5.74, 6) is 1.70. The highest BCUT2D eigenvalue weighted by Crippen LogP contribution is 2.35. The minimum Gasteiger partial charge on any atom is -0.379 e. The largest absolute Gasteiger partial charge is 0.379 e. The van der Waals surface area contributed by atoms with Gasteiger partial charge < -0.3 is 9.47 Å². The van der Waals surface area contributed by atoms with E-state index in [0.717, 1.165) is 31.5 Å². The van der Waals surface area contributed by atoms with Gasteiger partial charge in [0.1, 0.15) is 0 Å². The van der Waals surface area contributed by atoms with Crippen LogP contribution in [0.3, 0.4) is 0 Å². The molecule has 2 nitrogen and oxygen atoms in total. The fourth-order valence-electron chi connectivity index (χ4n) is 2.44. The Hall–Kier alpha value is -0.0800. The Morgan fingerprint density at radius 1 is 1.22 bits per heavy atom. The second kappa shape index (κ2) is 7.49. The molecule has 0 amide bonds. The Bertz CT molecular complexity index is 219. The lowest BCUT2D eigenvalue weighted by atomic mass is 9.75. The van der Waals surface area contributed by atoms with Crippen LogP contribution in [0.4, 0.5) is 0 Å². The van der Waals surface area contributed by atoms with E-state index in [9.17, 15) is 0 Å². The van der Waals surface area contributed by atoms with Crippen LogP contribution in [0.15, 0.2) is 0 Å². The monoisotopic (exact) mass is 256 g/mol. The summed E-state index contributed by atoms with van der Waals surface area (Å²) >= 11 is 0. The maximum atomic E-state index is 6.14. The van der Waals surface area contributed by atoms with E-state index in [1.54, 1.807) is 0 Å². The van der Waals surface area contributed by atoms with E-state index in [1.165, 1.54) is 25.7 Å². The van der Waals surface area contributed by atoms with Crippen LogP contribution in [0.2, 0.25) is 0 Å². The van der Waals surface area contributed by atoms with E-state index >= 15 is 0 Å². The second-order valence-electron chi connectivity index (χ2n) is 6.60. The summed E-state index contributed by atoms with van der Waals surface area (Å²) in [5.41, 5.74) is -0.0495. The molecule has 1 fully saturated rings. The molecule has 0 bridgehead atoms. The molecule has 1 saturated carbocycles. The molecule has 0 saturated heterocycles. The van der Waals surface area contributed by atoms with Gasteiger partial charge in [0.2, 0.25) is 0 Å². The molecular formula is C16H32O2. The first kappa shape index (κ1) is 16.0. The van der Waals surface area contributed by atoms with Gasteiger partial charge in [0.15, 0.2) is 0 Å². The summed E-state index contributed by atoms with van der Waals surface area (Å²) in [7, 11) is 0. The molecule has 1 rings (SSSR count). The molecule has 18 heavy (non-hydrogen) atoms. The smallest absolute Gasteiger partial charge is 0.0648 e. The normalized spacial score (nSPS) is 19.0. The van der Waals surface area contributed by atoms with Gasteiger partial charge in [-0.1, -0.05) is 32.6 Å². The van der Waals surface area contributed by atoms with Crippen LogP contribution >= 0.6 is 0 Å². The third-order valence-electron chi connectivity index (χ3n) is 4.18. The van der Waals surface area contributed by atoms with E-state index in [-0.39, 0.29) is 5.60 Å². The molecule has 0 aliphatic heterocycles. The number of ether oxygens (including phenoxy) is 2. The van der Waals surface area contributed by atoms with Gasteiger partial charge in [-0.3, -0.25) is 0 Å². The standard InChI is InChI=1S/C16H32O2/c1-6-14(15-8-7-9-15)12-18-16(4,5)10-11-17-13(2)3/h13-15H,6-12H2,1-5H3. The number of hydrogen-bond acceptors (Lipinski definition) is 2. The molecule has 1 atom stereocenters. The quantitative estimate of drug-likeness (QED) is 0.608. The van der Waals surface area contributed by atoms with Crippen LogP contribution in [0.1, 0.15) is 66.7 Å². The Morgan fingerprint density at radius 3 is 2.33 bits per heavy atom. The highest BCUT2D eigenvalue weighted by atomic mass is 16.5. The predicted molar refractivity (Wildman–Crippen MR) is 76.9 cm³/mol. The van der Waals surface area contributed by atoms with Gasteiger partial charge in [-0.05, 0) is 46.0 Å². The van der Waals surface area contributed by atoms with Gasteiger partial charge in [0, 0.05) is 6.61 Å². The zero-order chi connectivity index (χ0) is 13.6. The van der Waals surface area contributed by atoms with Crippen LogP contribution in [0, 0.1) is 11.8 Å². The molecule has 1 unspecified atom stereocenters. The number of rotatable bonds is 9. The lowest BCUT2D eigenvalue weighted by molar-refractivity contribution is -0.0718. The van der Waals surface area contributed by atoms with Crippen LogP contribution < -0.4 is 0 Å². The molecular weight excluding hydrogens is 224 g/mol. The molecule has 1 aliphatic rings. The number of hydrogen-bond donors (Lipinski definition) is 0. The lowest BCUT2D eigenvalue weighted by Crippen LogP contribution is -2.33. The van der Waals surface area contributed by atoms with E-state index in [4.69, 9.17) is 9.47 Å². The maximum absolute atomic E-state index is 6.14. The average molecular weight is 256 g/mol. The summed E-state index contributed by atoms with van der Waals surface area (Å²) in [6, 6.07) is 0. The topological polar surface area (TPSA) is 18.5 Å². The summed E-state index contributed by atoms with van der Waals surface area (Å²) in [6.07, 6.45) is 6.80. The molecule has 108 valence electrons. The van der Waals surface area contributed by atoms with Crippen molar-refractivity contribution in [1.82, 2.24) is 0 Å². The third-order valence-corrected chi connectivity index (χ3v) is 4.18. The summed E-state index contributed by atoms with van der Waals surface area (Å²) in [5, 5.41) is 0. The van der Waals surface area contributed by atoms with E-state index in [1.807, 2.05) is 0 Å². The van der Waals surface area contributed by atoms with Gasteiger partial charge in [0.05, 0.1) is 18.3 Å². The Kier molecular flexibility index (Phi) is 6.65. The first-order valence-electron chi connectivity index (χ1n) is 7.70. The Morgan fingerprint density at radius 2 is 1.89 bits per heavy atom. The highest BCUT2D eigenvalue weighted by Gasteiger charge is 2.28. The van der Waals surface area contributed by atoms with E-state index < -0.39 is 0 Å². The Labute approximate surface area is 113 Å². The van der Waals surface area contributed by atoms with Crippen molar-refractivity contribution in [3.05, 3.63) is 0 Å². The van der Waals surface area contributed by atoms with Gasteiger partial charge >= 0.3 is 0 Å². The highest BCUT2D eigenvalue weighted by molar-refractivity contribution is 4.78. The fourth-order valence-corrected chi connectivity index (χ4v) is 2.44. The molecule has 0 spiro atoms. The second-order valence-corrected chi connectivity index (χ2v) is 6.60. The molecule has 0 heterocycles. The third kappa shape index (κ3) is 5.71. The van der Waals surface area contributed by atoms with Crippen molar-refractivity contribution in [2.45, 2.75) is 78.4 Å². The molecule has 1 aliphatic carbocycles. The Balaban J connectivity index is 2.21. The molecule has 2 heteroatoms.